The van der Waals surface area contributed by atoms with Crippen LogP contribution in [0.25, 0.3) is 11.0 Å². The van der Waals surface area contributed by atoms with E-state index in [2.05, 4.69) is 25.5 Å². The second-order valence-electron chi connectivity index (χ2n) is 4.64. The minimum atomic E-state index is 0.402. The highest BCUT2D eigenvalue weighted by Gasteiger charge is 2.28. The van der Waals surface area contributed by atoms with Crippen molar-refractivity contribution in [2.75, 3.05) is 5.73 Å². The third kappa shape index (κ3) is 1.97. The van der Waals surface area contributed by atoms with E-state index in [9.17, 15) is 0 Å². The number of aromatic nitrogens is 6. The zero-order valence-electron chi connectivity index (χ0n) is 10.5. The predicted molar refractivity (Wildman–Crippen MR) is 74.2 cm³/mol. The Kier molecular flexibility index (Phi) is 2.56. The number of hydrogen-bond donors (Lipinski definition) is 1. The molecule has 1 aromatic carbocycles. The van der Waals surface area contributed by atoms with Crippen molar-refractivity contribution in [3.63, 3.8) is 0 Å². The Bertz CT molecular complexity index is 780. The molecule has 0 spiro atoms. The standard InChI is InChI=1S/C12H11N7S/c13-10-11(15-9-4-2-1-3-8(9)14-10)20-12-16-17-18-19(12)7-5-6-7/h1-4,7H,5-6H2,(H2,13,14). The van der Waals surface area contributed by atoms with Crippen LogP contribution in [-0.2, 0) is 0 Å². The number of rotatable bonds is 3. The Morgan fingerprint density at radius 1 is 1.15 bits per heavy atom. The van der Waals surface area contributed by atoms with Gasteiger partial charge in [-0.1, -0.05) is 12.1 Å². The maximum absolute atomic E-state index is 5.97. The van der Waals surface area contributed by atoms with E-state index in [1.54, 1.807) is 0 Å². The lowest BCUT2D eigenvalue weighted by atomic mass is 10.3. The van der Waals surface area contributed by atoms with E-state index in [-0.39, 0.29) is 0 Å². The molecule has 2 N–H and O–H groups in total. The first kappa shape index (κ1) is 11.6. The van der Waals surface area contributed by atoms with E-state index in [1.165, 1.54) is 11.8 Å². The van der Waals surface area contributed by atoms with Crippen molar-refractivity contribution in [3.8, 4) is 0 Å². The average Bonchev–Trinajstić information content (AvgIpc) is 3.20. The first-order valence-electron chi connectivity index (χ1n) is 6.29. The van der Waals surface area contributed by atoms with Gasteiger partial charge in [-0.05, 0) is 47.2 Å². The lowest BCUT2D eigenvalue weighted by molar-refractivity contribution is 0.565. The molecule has 2 heterocycles. The topological polar surface area (TPSA) is 95.4 Å². The van der Waals surface area contributed by atoms with Crippen molar-refractivity contribution in [2.24, 2.45) is 0 Å². The van der Waals surface area contributed by atoms with Crippen LogP contribution in [0.2, 0.25) is 0 Å². The molecular formula is C12H11N7S. The van der Waals surface area contributed by atoms with Crippen molar-refractivity contribution >= 4 is 28.6 Å². The van der Waals surface area contributed by atoms with Gasteiger partial charge in [0, 0.05) is 0 Å². The maximum Gasteiger partial charge on any atom is 0.216 e. The Hall–Kier alpha value is -2.22. The normalized spacial score (nSPS) is 14.8. The first-order valence-corrected chi connectivity index (χ1v) is 7.11. The minimum Gasteiger partial charge on any atom is -0.381 e. The molecule has 1 aliphatic rings. The monoisotopic (exact) mass is 285 g/mol. The Morgan fingerprint density at radius 3 is 2.65 bits per heavy atom. The van der Waals surface area contributed by atoms with Crippen LogP contribution < -0.4 is 5.73 Å². The molecule has 2 aromatic heterocycles. The number of benzene rings is 1. The molecule has 100 valence electrons. The van der Waals surface area contributed by atoms with Gasteiger partial charge in [-0.2, -0.15) is 0 Å². The van der Waals surface area contributed by atoms with Crippen LogP contribution >= 0.6 is 11.8 Å². The van der Waals surface area contributed by atoms with Crippen molar-refractivity contribution in [1.82, 2.24) is 30.2 Å². The van der Waals surface area contributed by atoms with E-state index in [0.717, 1.165) is 23.9 Å². The zero-order chi connectivity index (χ0) is 13.5. The second kappa shape index (κ2) is 4.41. The molecule has 0 bridgehead atoms. The quantitative estimate of drug-likeness (QED) is 0.782. The molecule has 4 rings (SSSR count). The van der Waals surface area contributed by atoms with Crippen molar-refractivity contribution in [3.05, 3.63) is 24.3 Å². The average molecular weight is 285 g/mol. The van der Waals surface area contributed by atoms with Crippen LogP contribution in [0.1, 0.15) is 18.9 Å². The summed E-state index contributed by atoms with van der Waals surface area (Å²) in [4.78, 5) is 8.90. The molecule has 1 saturated carbocycles. The molecule has 3 aromatic rings. The lowest BCUT2D eigenvalue weighted by Gasteiger charge is -2.05. The fourth-order valence-electron chi connectivity index (χ4n) is 1.96. The van der Waals surface area contributed by atoms with E-state index in [4.69, 9.17) is 5.73 Å². The summed E-state index contributed by atoms with van der Waals surface area (Å²) in [5, 5.41) is 13.1. The summed E-state index contributed by atoms with van der Waals surface area (Å²) in [6.07, 6.45) is 2.25. The van der Waals surface area contributed by atoms with Crippen LogP contribution in [0.4, 0.5) is 5.82 Å². The summed E-state index contributed by atoms with van der Waals surface area (Å²) in [7, 11) is 0. The molecule has 1 aliphatic carbocycles. The highest BCUT2D eigenvalue weighted by Crippen LogP contribution is 2.38. The molecular weight excluding hydrogens is 274 g/mol. The Morgan fingerprint density at radius 2 is 1.90 bits per heavy atom. The van der Waals surface area contributed by atoms with E-state index < -0.39 is 0 Å². The van der Waals surface area contributed by atoms with Gasteiger partial charge >= 0.3 is 0 Å². The molecule has 0 unspecified atom stereocenters. The zero-order valence-corrected chi connectivity index (χ0v) is 11.3. The highest BCUT2D eigenvalue weighted by molar-refractivity contribution is 7.99. The van der Waals surface area contributed by atoms with Gasteiger partial charge in [0.05, 0.1) is 17.1 Å². The van der Waals surface area contributed by atoms with Crippen LogP contribution in [-0.4, -0.2) is 30.2 Å². The minimum absolute atomic E-state index is 0.402. The number of nitrogens with two attached hydrogens (primary N) is 1. The number of nitrogen functional groups attached to an aromatic ring is 1. The summed E-state index contributed by atoms with van der Waals surface area (Å²) in [5.41, 5.74) is 7.58. The number of para-hydroxylation sites is 2. The molecule has 0 saturated heterocycles. The molecule has 0 radical (unpaired) electrons. The van der Waals surface area contributed by atoms with E-state index in [1.807, 2.05) is 28.9 Å². The van der Waals surface area contributed by atoms with Gasteiger partial charge in [-0.15, -0.1) is 5.10 Å². The lowest BCUT2D eigenvalue weighted by Crippen LogP contribution is -2.01. The molecule has 20 heavy (non-hydrogen) atoms. The maximum atomic E-state index is 5.97. The molecule has 0 atom stereocenters. The molecule has 7 nitrogen and oxygen atoms in total. The number of fused-ring (bicyclic) bond motifs is 1. The first-order chi connectivity index (χ1) is 9.81. The number of nitrogens with zero attached hydrogens (tertiary/aromatic N) is 6. The molecule has 8 heteroatoms. The van der Waals surface area contributed by atoms with Crippen molar-refractivity contribution in [2.45, 2.75) is 29.1 Å². The van der Waals surface area contributed by atoms with Gasteiger partial charge < -0.3 is 5.73 Å². The molecule has 1 fully saturated rings. The number of anilines is 1. The van der Waals surface area contributed by atoms with Crippen molar-refractivity contribution < 1.29 is 0 Å². The third-order valence-electron chi connectivity index (χ3n) is 3.11. The van der Waals surface area contributed by atoms with Gasteiger partial charge in [-0.25, -0.2) is 14.6 Å². The number of tetrazole rings is 1. The molecule has 0 amide bonds. The van der Waals surface area contributed by atoms with Gasteiger partial charge in [-0.3, -0.25) is 0 Å². The Labute approximate surface area is 118 Å². The number of hydrogen-bond acceptors (Lipinski definition) is 7. The van der Waals surface area contributed by atoms with Crippen LogP contribution in [0.5, 0.6) is 0 Å². The summed E-state index contributed by atoms with van der Waals surface area (Å²) in [6.45, 7) is 0. The summed E-state index contributed by atoms with van der Waals surface area (Å²) in [5.74, 6) is 0.402. The third-order valence-corrected chi connectivity index (χ3v) is 4.05. The van der Waals surface area contributed by atoms with Crippen LogP contribution in [0.3, 0.4) is 0 Å². The largest absolute Gasteiger partial charge is 0.381 e. The van der Waals surface area contributed by atoms with Gasteiger partial charge in [0.2, 0.25) is 5.16 Å². The van der Waals surface area contributed by atoms with Gasteiger partial charge in [0.15, 0.2) is 5.82 Å². The van der Waals surface area contributed by atoms with Crippen LogP contribution in [0, 0.1) is 0 Å². The fourth-order valence-corrected chi connectivity index (χ4v) is 2.78. The summed E-state index contributed by atoms with van der Waals surface area (Å²) in [6, 6.07) is 8.06. The Balaban J connectivity index is 1.74. The summed E-state index contributed by atoms with van der Waals surface area (Å²) < 4.78 is 1.83. The van der Waals surface area contributed by atoms with Crippen molar-refractivity contribution in [1.29, 1.82) is 0 Å². The van der Waals surface area contributed by atoms with Gasteiger partial charge in [0.25, 0.3) is 0 Å². The van der Waals surface area contributed by atoms with Crippen LogP contribution in [0.15, 0.2) is 34.4 Å². The smallest absolute Gasteiger partial charge is 0.216 e. The van der Waals surface area contributed by atoms with E-state index in [0.29, 0.717) is 22.0 Å². The highest BCUT2D eigenvalue weighted by atomic mass is 32.2. The fraction of sp³-hybridized carbons (Fsp3) is 0.250. The molecule has 0 aliphatic heterocycles. The predicted octanol–water partition coefficient (Wildman–Crippen LogP) is 1.68. The summed E-state index contributed by atoms with van der Waals surface area (Å²) >= 11 is 1.36. The SMILES string of the molecule is Nc1nc2ccccc2nc1Sc1nnnn1C1CC1. The van der Waals surface area contributed by atoms with Gasteiger partial charge in [0.1, 0.15) is 5.03 Å². The van der Waals surface area contributed by atoms with E-state index >= 15 is 0 Å². The second-order valence-corrected chi connectivity index (χ2v) is 5.60.